The maximum Gasteiger partial charge on any atom is 0.258 e. The van der Waals surface area contributed by atoms with Crippen LogP contribution in [-0.2, 0) is 6.42 Å². The topological polar surface area (TPSA) is 82.3 Å². The summed E-state index contributed by atoms with van der Waals surface area (Å²) in [5.74, 6) is 1.27. The Kier molecular flexibility index (Phi) is 5.76. The number of amides is 1. The van der Waals surface area contributed by atoms with E-state index in [2.05, 4.69) is 23.4 Å². The van der Waals surface area contributed by atoms with E-state index in [0.29, 0.717) is 17.1 Å². The molecular weight excluding hydrogens is 390 g/mol. The molecule has 2 aliphatic rings. The van der Waals surface area contributed by atoms with Gasteiger partial charge in [0.05, 0.1) is 5.56 Å². The van der Waals surface area contributed by atoms with E-state index >= 15 is 0 Å². The van der Waals surface area contributed by atoms with Crippen molar-refractivity contribution in [2.75, 3.05) is 24.5 Å². The molecule has 0 unspecified atom stereocenters. The molecule has 1 N–H and O–H groups in total. The minimum atomic E-state index is -0.288. The second-order valence-corrected chi connectivity index (χ2v) is 8.66. The molecule has 0 aliphatic carbocycles. The molecule has 2 aliphatic heterocycles. The lowest BCUT2D eigenvalue weighted by Gasteiger charge is -2.32. The molecule has 2 aromatic rings. The zero-order chi connectivity index (χ0) is 22.1. The van der Waals surface area contributed by atoms with Crippen molar-refractivity contribution < 1.29 is 9.59 Å². The molecule has 7 heteroatoms. The van der Waals surface area contributed by atoms with Gasteiger partial charge in [0, 0.05) is 49.4 Å². The molecule has 1 fully saturated rings. The predicted molar refractivity (Wildman–Crippen MR) is 120 cm³/mol. The Morgan fingerprint density at radius 1 is 1.19 bits per heavy atom. The van der Waals surface area contributed by atoms with Gasteiger partial charge in [0.15, 0.2) is 0 Å². The van der Waals surface area contributed by atoms with Gasteiger partial charge in [-0.2, -0.15) is 0 Å². The molecule has 0 aromatic carbocycles. The maximum absolute atomic E-state index is 13.0. The Hall–Kier alpha value is -3.22. The van der Waals surface area contributed by atoms with E-state index in [9.17, 15) is 9.59 Å². The number of aromatic nitrogens is 2. The van der Waals surface area contributed by atoms with Crippen LogP contribution in [-0.4, -0.2) is 45.9 Å². The summed E-state index contributed by atoms with van der Waals surface area (Å²) in [7, 11) is 0. The zero-order valence-electron chi connectivity index (χ0n) is 18.2. The average Bonchev–Trinajstić information content (AvgIpc) is 2.77. The van der Waals surface area contributed by atoms with Gasteiger partial charge in [-0.1, -0.05) is 13.5 Å². The molecule has 1 amide bonds. The van der Waals surface area contributed by atoms with Gasteiger partial charge in [-0.15, -0.1) is 0 Å². The van der Waals surface area contributed by atoms with Gasteiger partial charge in [-0.25, -0.2) is 4.98 Å². The number of pyridine rings is 2. The lowest BCUT2D eigenvalue weighted by atomic mass is 9.98. The third kappa shape index (κ3) is 4.17. The Labute approximate surface area is 182 Å². The quantitative estimate of drug-likeness (QED) is 0.772. The Bertz CT molecular complexity index is 1100. The van der Waals surface area contributed by atoms with E-state index in [4.69, 9.17) is 5.41 Å². The second kappa shape index (κ2) is 8.49. The standard InChI is InChI=1S/C24H29N5O2/c1-16(2)23(30)29-12-8-20(14-21(29)25)28-9-4-5-18-13-19(15-26-22(18)28)24(31)27-10-6-17(3)7-11-27/h8,12-15,17,25H,1,4-7,9-11H2,2-3H3. The van der Waals surface area contributed by atoms with Crippen LogP contribution in [0.25, 0.3) is 0 Å². The number of hydrogen-bond acceptors (Lipinski definition) is 5. The molecule has 0 saturated carbocycles. The summed E-state index contributed by atoms with van der Waals surface area (Å²) in [6, 6.07) is 5.47. The van der Waals surface area contributed by atoms with Crippen LogP contribution in [0.3, 0.4) is 0 Å². The number of nitrogens with one attached hydrogen (secondary N) is 1. The van der Waals surface area contributed by atoms with E-state index in [-0.39, 0.29) is 17.3 Å². The van der Waals surface area contributed by atoms with Crippen molar-refractivity contribution in [3.63, 3.8) is 0 Å². The Morgan fingerprint density at radius 3 is 2.61 bits per heavy atom. The van der Waals surface area contributed by atoms with Gasteiger partial charge < -0.3 is 9.80 Å². The second-order valence-electron chi connectivity index (χ2n) is 8.66. The summed E-state index contributed by atoms with van der Waals surface area (Å²) < 4.78 is 1.28. The number of aryl methyl sites for hydroxylation is 1. The van der Waals surface area contributed by atoms with Gasteiger partial charge in [0.25, 0.3) is 11.8 Å². The number of nitrogens with zero attached hydrogens (tertiary/aromatic N) is 4. The number of carbonyl (C=O) groups excluding carboxylic acids is 2. The average molecular weight is 420 g/mol. The highest BCUT2D eigenvalue weighted by molar-refractivity contribution is 5.95. The molecule has 0 radical (unpaired) electrons. The van der Waals surface area contributed by atoms with Crippen LogP contribution in [0.1, 0.15) is 53.8 Å². The Balaban J connectivity index is 1.60. The third-order valence-electron chi connectivity index (χ3n) is 6.18. The highest BCUT2D eigenvalue weighted by Gasteiger charge is 2.25. The van der Waals surface area contributed by atoms with Crippen molar-refractivity contribution in [2.45, 2.75) is 39.5 Å². The highest BCUT2D eigenvalue weighted by Crippen LogP contribution is 2.32. The van der Waals surface area contributed by atoms with Crippen LogP contribution >= 0.6 is 0 Å². The van der Waals surface area contributed by atoms with E-state index < -0.39 is 0 Å². The number of allylic oxidation sites excluding steroid dienone is 1. The van der Waals surface area contributed by atoms with E-state index in [1.165, 1.54) is 4.57 Å². The minimum Gasteiger partial charge on any atom is -0.339 e. The van der Waals surface area contributed by atoms with Crippen LogP contribution in [0.4, 0.5) is 11.5 Å². The van der Waals surface area contributed by atoms with E-state index in [1.54, 1.807) is 25.4 Å². The van der Waals surface area contributed by atoms with Crippen LogP contribution in [0.2, 0.25) is 0 Å². The molecule has 162 valence electrons. The summed E-state index contributed by atoms with van der Waals surface area (Å²) in [5.41, 5.74) is 2.99. The lowest BCUT2D eigenvalue weighted by molar-refractivity contribution is 0.0696. The van der Waals surface area contributed by atoms with Crippen molar-refractivity contribution in [3.05, 3.63) is 59.4 Å². The molecule has 0 spiro atoms. The first kappa shape index (κ1) is 21.0. The number of fused-ring (bicyclic) bond motifs is 1. The maximum atomic E-state index is 13.0. The van der Waals surface area contributed by atoms with Crippen molar-refractivity contribution >= 4 is 23.3 Å². The van der Waals surface area contributed by atoms with Crippen molar-refractivity contribution in [1.29, 1.82) is 5.41 Å². The van der Waals surface area contributed by atoms with Gasteiger partial charge in [-0.05, 0) is 56.2 Å². The lowest BCUT2D eigenvalue weighted by Crippen LogP contribution is -2.38. The summed E-state index contributed by atoms with van der Waals surface area (Å²) in [6.45, 7) is 9.93. The fourth-order valence-corrected chi connectivity index (χ4v) is 4.27. The monoisotopic (exact) mass is 419 g/mol. The van der Waals surface area contributed by atoms with Gasteiger partial charge >= 0.3 is 0 Å². The SMILES string of the molecule is C=C(C)C(=O)n1ccc(N2CCCc3cc(C(=O)N4CCC(C)CC4)cnc32)cc1=N. The summed E-state index contributed by atoms with van der Waals surface area (Å²) in [6.07, 6.45) is 7.18. The third-order valence-corrected chi connectivity index (χ3v) is 6.18. The fourth-order valence-electron chi connectivity index (χ4n) is 4.27. The normalized spacial score (nSPS) is 16.7. The smallest absolute Gasteiger partial charge is 0.258 e. The molecule has 0 atom stereocenters. The van der Waals surface area contributed by atoms with Crippen molar-refractivity contribution in [1.82, 2.24) is 14.5 Å². The number of hydrogen-bond donors (Lipinski definition) is 1. The zero-order valence-corrected chi connectivity index (χ0v) is 18.2. The van der Waals surface area contributed by atoms with Crippen LogP contribution in [0, 0.1) is 11.3 Å². The number of carbonyl (C=O) groups is 2. The largest absolute Gasteiger partial charge is 0.339 e. The first-order valence-electron chi connectivity index (χ1n) is 10.9. The molecule has 31 heavy (non-hydrogen) atoms. The molecule has 2 aromatic heterocycles. The predicted octanol–water partition coefficient (Wildman–Crippen LogP) is 3.54. The molecule has 1 saturated heterocycles. The van der Waals surface area contributed by atoms with Crippen LogP contribution in [0.5, 0.6) is 0 Å². The number of rotatable bonds is 3. The number of likely N-dealkylation sites (tertiary alicyclic amines) is 1. The summed E-state index contributed by atoms with van der Waals surface area (Å²) in [5, 5.41) is 8.26. The Morgan fingerprint density at radius 2 is 1.94 bits per heavy atom. The molecule has 4 rings (SSSR count). The van der Waals surface area contributed by atoms with Crippen LogP contribution in [0.15, 0.2) is 42.7 Å². The van der Waals surface area contributed by atoms with E-state index in [1.807, 2.05) is 17.0 Å². The molecular formula is C24H29N5O2. The first-order chi connectivity index (χ1) is 14.8. The summed E-state index contributed by atoms with van der Waals surface area (Å²) >= 11 is 0. The number of piperidine rings is 1. The van der Waals surface area contributed by atoms with Crippen molar-refractivity contribution in [2.24, 2.45) is 5.92 Å². The van der Waals surface area contributed by atoms with Gasteiger partial charge in [-0.3, -0.25) is 19.6 Å². The van der Waals surface area contributed by atoms with Gasteiger partial charge in [0.1, 0.15) is 11.3 Å². The highest BCUT2D eigenvalue weighted by atomic mass is 16.2. The first-order valence-corrected chi connectivity index (χ1v) is 10.9. The molecule has 4 heterocycles. The molecule has 0 bridgehead atoms. The number of anilines is 2. The van der Waals surface area contributed by atoms with Crippen molar-refractivity contribution in [3.8, 4) is 0 Å². The van der Waals surface area contributed by atoms with Gasteiger partial charge in [0.2, 0.25) is 0 Å². The van der Waals surface area contributed by atoms with E-state index in [0.717, 1.165) is 62.4 Å². The minimum absolute atomic E-state index is 0.0619. The molecule has 7 nitrogen and oxygen atoms in total. The summed E-state index contributed by atoms with van der Waals surface area (Å²) in [4.78, 5) is 33.8. The fraction of sp³-hybridized carbons (Fsp3) is 0.417. The van der Waals surface area contributed by atoms with Crippen LogP contribution < -0.4 is 10.4 Å².